The summed E-state index contributed by atoms with van der Waals surface area (Å²) in [5.41, 5.74) is 0.623. The molecule has 0 aromatic heterocycles. The van der Waals surface area contributed by atoms with Crippen molar-refractivity contribution in [3.05, 3.63) is 35.9 Å². The molecule has 1 aromatic carbocycles. The lowest BCUT2D eigenvalue weighted by molar-refractivity contribution is -0.0936. The number of Topliss-reactive ketones (excluding diaryl/α,β-unsaturated/α-hetero) is 1. The van der Waals surface area contributed by atoms with Crippen LogP contribution in [0.5, 0.6) is 0 Å². The van der Waals surface area contributed by atoms with E-state index in [-0.39, 0.29) is 5.78 Å². The van der Waals surface area contributed by atoms with Gasteiger partial charge in [-0.3, -0.25) is 9.79 Å². The zero-order chi connectivity index (χ0) is 11.8. The molecule has 0 atom stereocenters. The van der Waals surface area contributed by atoms with E-state index in [0.29, 0.717) is 12.1 Å². The van der Waals surface area contributed by atoms with Crippen LogP contribution in [0.25, 0.3) is 0 Å². The Hall–Kier alpha value is -1.52. The van der Waals surface area contributed by atoms with Gasteiger partial charge in [0.05, 0.1) is 12.8 Å². The number of carbonyl (C=O) groups is 1. The lowest BCUT2D eigenvalue weighted by Gasteiger charge is -2.09. The molecule has 0 bridgehead atoms. The van der Waals surface area contributed by atoms with Crippen molar-refractivity contribution >= 4 is 12.0 Å². The van der Waals surface area contributed by atoms with E-state index in [1.165, 1.54) is 20.4 Å². The molecule has 0 N–H and O–H groups in total. The Kier molecular flexibility index (Phi) is 5.39. The number of hydrogen-bond donors (Lipinski definition) is 0. The van der Waals surface area contributed by atoms with Crippen molar-refractivity contribution < 1.29 is 14.3 Å². The topological polar surface area (TPSA) is 47.9 Å². The van der Waals surface area contributed by atoms with Crippen molar-refractivity contribution in [2.24, 2.45) is 4.99 Å². The highest BCUT2D eigenvalue weighted by Gasteiger charge is 2.03. The number of aliphatic imine (C=N–C) groups is 1. The van der Waals surface area contributed by atoms with Crippen LogP contribution in [0.15, 0.2) is 35.3 Å². The average Bonchev–Trinajstić information content (AvgIpc) is 2.35. The van der Waals surface area contributed by atoms with E-state index in [4.69, 9.17) is 9.47 Å². The van der Waals surface area contributed by atoms with E-state index in [9.17, 15) is 4.79 Å². The van der Waals surface area contributed by atoms with Crippen molar-refractivity contribution in [3.8, 4) is 0 Å². The van der Waals surface area contributed by atoms with E-state index in [2.05, 4.69) is 4.99 Å². The second kappa shape index (κ2) is 6.87. The van der Waals surface area contributed by atoms with Crippen LogP contribution in [0.3, 0.4) is 0 Å². The number of methoxy groups -OCH3 is 2. The maximum Gasteiger partial charge on any atom is 0.203 e. The zero-order valence-corrected chi connectivity index (χ0v) is 9.42. The standard InChI is InChI=1S/C12H15NO3/c1-15-12(16-2)9-13-8-11(14)10-6-4-3-5-7-10/h3-8,12H,9H2,1-2H3. The van der Waals surface area contributed by atoms with E-state index in [1.807, 2.05) is 18.2 Å². The molecule has 16 heavy (non-hydrogen) atoms. The van der Waals surface area contributed by atoms with E-state index in [1.54, 1.807) is 12.1 Å². The SMILES string of the molecule is COC(CN=CC(=O)c1ccccc1)OC. The largest absolute Gasteiger partial charge is 0.354 e. The summed E-state index contributed by atoms with van der Waals surface area (Å²) in [6.07, 6.45) is 0.889. The second-order valence-electron chi connectivity index (χ2n) is 3.13. The van der Waals surface area contributed by atoms with Gasteiger partial charge in [-0.05, 0) is 0 Å². The molecule has 0 saturated heterocycles. The van der Waals surface area contributed by atoms with Gasteiger partial charge in [0.1, 0.15) is 0 Å². The lowest BCUT2D eigenvalue weighted by atomic mass is 10.1. The monoisotopic (exact) mass is 221 g/mol. The Morgan fingerprint density at radius 3 is 2.50 bits per heavy atom. The third-order valence-electron chi connectivity index (χ3n) is 2.05. The maximum absolute atomic E-state index is 11.6. The molecule has 1 rings (SSSR count). The molecule has 4 heteroatoms. The van der Waals surface area contributed by atoms with E-state index < -0.39 is 6.29 Å². The molecule has 0 fully saturated rings. The Morgan fingerprint density at radius 1 is 1.31 bits per heavy atom. The first kappa shape index (κ1) is 12.5. The number of carbonyl (C=O) groups excluding carboxylic acids is 1. The molecule has 0 spiro atoms. The van der Waals surface area contributed by atoms with Gasteiger partial charge in [-0.1, -0.05) is 30.3 Å². The normalized spacial score (nSPS) is 11.2. The fourth-order valence-corrected chi connectivity index (χ4v) is 1.14. The summed E-state index contributed by atoms with van der Waals surface area (Å²) < 4.78 is 9.88. The van der Waals surface area contributed by atoms with Crippen molar-refractivity contribution in [3.63, 3.8) is 0 Å². The van der Waals surface area contributed by atoms with Crippen LogP contribution < -0.4 is 0 Å². The van der Waals surface area contributed by atoms with Crippen LogP contribution in [0.4, 0.5) is 0 Å². The van der Waals surface area contributed by atoms with E-state index in [0.717, 1.165) is 0 Å². The van der Waals surface area contributed by atoms with Gasteiger partial charge in [0, 0.05) is 19.8 Å². The number of ether oxygens (including phenoxy) is 2. The number of rotatable bonds is 6. The highest BCUT2D eigenvalue weighted by molar-refractivity contribution is 6.35. The molecular weight excluding hydrogens is 206 g/mol. The lowest BCUT2D eigenvalue weighted by Crippen LogP contribution is -2.17. The van der Waals surface area contributed by atoms with Gasteiger partial charge >= 0.3 is 0 Å². The minimum Gasteiger partial charge on any atom is -0.354 e. The van der Waals surface area contributed by atoms with Gasteiger partial charge in [-0.25, -0.2) is 0 Å². The summed E-state index contributed by atoms with van der Waals surface area (Å²) >= 11 is 0. The quantitative estimate of drug-likeness (QED) is 0.416. The van der Waals surface area contributed by atoms with Crippen LogP contribution in [0.2, 0.25) is 0 Å². The van der Waals surface area contributed by atoms with Crippen molar-refractivity contribution in [2.75, 3.05) is 20.8 Å². The summed E-state index contributed by atoms with van der Waals surface area (Å²) in [7, 11) is 3.06. The molecule has 0 amide bonds. The van der Waals surface area contributed by atoms with Gasteiger partial charge < -0.3 is 9.47 Å². The molecule has 0 aliphatic rings. The van der Waals surface area contributed by atoms with Gasteiger partial charge in [0.25, 0.3) is 0 Å². The number of hydrogen-bond acceptors (Lipinski definition) is 4. The van der Waals surface area contributed by atoms with E-state index >= 15 is 0 Å². The third kappa shape index (κ3) is 3.92. The predicted octanol–water partition coefficient (Wildman–Crippen LogP) is 1.56. The molecule has 0 aliphatic heterocycles. The molecule has 0 heterocycles. The first-order valence-electron chi connectivity index (χ1n) is 4.92. The van der Waals surface area contributed by atoms with Crippen molar-refractivity contribution in [1.82, 2.24) is 0 Å². The summed E-state index contributed by atoms with van der Waals surface area (Å²) in [6.45, 7) is 0.311. The van der Waals surface area contributed by atoms with Crippen molar-refractivity contribution in [1.29, 1.82) is 0 Å². The van der Waals surface area contributed by atoms with Gasteiger partial charge in [0.15, 0.2) is 6.29 Å². The fraction of sp³-hybridized carbons (Fsp3) is 0.333. The number of benzene rings is 1. The minimum absolute atomic E-state index is 0.119. The van der Waals surface area contributed by atoms with Gasteiger partial charge in [-0.15, -0.1) is 0 Å². The molecule has 0 unspecified atom stereocenters. The Balaban J connectivity index is 2.49. The molecule has 4 nitrogen and oxygen atoms in total. The molecule has 86 valence electrons. The number of ketones is 1. The summed E-state index contributed by atoms with van der Waals surface area (Å²) in [4.78, 5) is 15.5. The number of nitrogens with zero attached hydrogens (tertiary/aromatic N) is 1. The van der Waals surface area contributed by atoms with Crippen LogP contribution in [-0.2, 0) is 9.47 Å². The maximum atomic E-state index is 11.6. The highest BCUT2D eigenvalue weighted by Crippen LogP contribution is 1.98. The summed E-state index contributed by atoms with van der Waals surface area (Å²) in [5.74, 6) is -0.119. The Bertz CT molecular complexity index is 345. The molecule has 0 radical (unpaired) electrons. The fourth-order valence-electron chi connectivity index (χ4n) is 1.14. The Morgan fingerprint density at radius 2 is 1.94 bits per heavy atom. The Labute approximate surface area is 94.9 Å². The average molecular weight is 221 g/mol. The predicted molar refractivity (Wildman–Crippen MR) is 61.9 cm³/mol. The zero-order valence-electron chi connectivity index (χ0n) is 9.42. The first-order chi connectivity index (χ1) is 7.77. The minimum atomic E-state index is -0.403. The molecule has 0 aliphatic carbocycles. The molecule has 0 saturated carbocycles. The van der Waals surface area contributed by atoms with Crippen molar-refractivity contribution in [2.45, 2.75) is 6.29 Å². The van der Waals surface area contributed by atoms with Crippen LogP contribution in [-0.4, -0.2) is 39.1 Å². The van der Waals surface area contributed by atoms with Crippen LogP contribution in [0, 0.1) is 0 Å². The summed E-state index contributed by atoms with van der Waals surface area (Å²) in [5, 5.41) is 0. The highest BCUT2D eigenvalue weighted by atomic mass is 16.7. The summed E-state index contributed by atoms with van der Waals surface area (Å²) in [6, 6.07) is 8.99. The molecular formula is C12H15NO3. The van der Waals surface area contributed by atoms with Crippen LogP contribution in [0.1, 0.15) is 10.4 Å². The third-order valence-corrected chi connectivity index (χ3v) is 2.05. The molecule has 1 aromatic rings. The van der Waals surface area contributed by atoms with Gasteiger partial charge in [0.2, 0.25) is 5.78 Å². The second-order valence-corrected chi connectivity index (χ2v) is 3.13. The van der Waals surface area contributed by atoms with Gasteiger partial charge in [-0.2, -0.15) is 0 Å². The first-order valence-corrected chi connectivity index (χ1v) is 4.92. The van der Waals surface area contributed by atoms with Crippen LogP contribution >= 0.6 is 0 Å². The smallest absolute Gasteiger partial charge is 0.203 e.